The lowest BCUT2D eigenvalue weighted by molar-refractivity contribution is 0.748. The highest BCUT2D eigenvalue weighted by Gasteiger charge is 2.06. The number of benzene rings is 1. The molecule has 2 N–H and O–H groups in total. The summed E-state index contributed by atoms with van der Waals surface area (Å²) in [6.45, 7) is 0. The van der Waals surface area contributed by atoms with E-state index in [1.807, 2.05) is 12.1 Å². The smallest absolute Gasteiger partial charge is 0.0641 e. The van der Waals surface area contributed by atoms with Crippen LogP contribution in [-0.2, 0) is 0 Å². The molecule has 0 heterocycles. The molecule has 1 rings (SSSR count). The molecule has 0 fully saturated rings. The average molecular weight is 260 g/mol. The summed E-state index contributed by atoms with van der Waals surface area (Å²) in [4.78, 5) is 0. The molecular weight excluding hydrogens is 251 g/mol. The quantitative estimate of drug-likeness (QED) is 0.887. The number of nitrogens with two attached hydrogens (primary N) is 1. The summed E-state index contributed by atoms with van der Waals surface area (Å²) in [5.41, 5.74) is 6.62. The van der Waals surface area contributed by atoms with Gasteiger partial charge in [-0.1, -0.05) is 27.5 Å². The summed E-state index contributed by atoms with van der Waals surface area (Å²) in [6.07, 6.45) is 0.298. The van der Waals surface area contributed by atoms with Crippen LogP contribution in [-0.4, -0.2) is 0 Å². The predicted octanol–water partition coefficient (Wildman–Crippen LogP) is 3.02. The molecule has 4 heteroatoms. The Kier molecular flexibility index (Phi) is 3.73. The second-order valence-corrected chi connectivity index (χ2v) is 4.02. The van der Waals surface area contributed by atoms with Gasteiger partial charge in [-0.3, -0.25) is 0 Å². The van der Waals surface area contributed by atoms with Crippen LogP contribution in [0.1, 0.15) is 18.0 Å². The number of nitriles is 1. The van der Waals surface area contributed by atoms with E-state index in [1.54, 1.807) is 12.1 Å². The first-order chi connectivity index (χ1) is 6.13. The number of hydrogen-bond acceptors (Lipinski definition) is 2. The lowest BCUT2D eigenvalue weighted by Gasteiger charge is -2.08. The van der Waals surface area contributed by atoms with Crippen molar-refractivity contribution >= 4 is 27.5 Å². The van der Waals surface area contributed by atoms with Gasteiger partial charge >= 0.3 is 0 Å². The van der Waals surface area contributed by atoms with Crippen molar-refractivity contribution < 1.29 is 0 Å². The molecule has 13 heavy (non-hydrogen) atoms. The molecule has 1 aromatic carbocycles. The number of hydrogen-bond donors (Lipinski definition) is 1. The van der Waals surface area contributed by atoms with Crippen LogP contribution in [0.15, 0.2) is 22.7 Å². The van der Waals surface area contributed by atoms with E-state index in [9.17, 15) is 0 Å². The van der Waals surface area contributed by atoms with Gasteiger partial charge in [0.15, 0.2) is 0 Å². The number of nitrogens with zero attached hydrogens (tertiary/aromatic N) is 1. The van der Waals surface area contributed by atoms with Crippen molar-refractivity contribution in [2.45, 2.75) is 12.5 Å². The van der Waals surface area contributed by atoms with E-state index in [1.165, 1.54) is 0 Å². The Balaban J connectivity index is 2.95. The van der Waals surface area contributed by atoms with Crippen molar-refractivity contribution in [3.8, 4) is 6.07 Å². The molecule has 0 aliphatic rings. The Morgan fingerprint density at radius 3 is 2.77 bits per heavy atom. The molecule has 0 aromatic heterocycles. The summed E-state index contributed by atoms with van der Waals surface area (Å²) in [5, 5.41) is 9.08. The minimum atomic E-state index is -0.264. The van der Waals surface area contributed by atoms with Crippen LogP contribution in [0.3, 0.4) is 0 Å². The van der Waals surface area contributed by atoms with Crippen LogP contribution < -0.4 is 5.73 Å². The maximum Gasteiger partial charge on any atom is 0.0641 e. The highest BCUT2D eigenvalue weighted by Crippen LogP contribution is 2.23. The SMILES string of the molecule is N#CC[C@H](N)c1cc(Cl)cc(Br)c1. The van der Waals surface area contributed by atoms with Gasteiger partial charge in [0.1, 0.15) is 0 Å². The molecular formula is C9H8BrClN2. The second kappa shape index (κ2) is 4.61. The zero-order valence-electron chi connectivity index (χ0n) is 6.80. The van der Waals surface area contributed by atoms with E-state index in [4.69, 9.17) is 22.6 Å². The van der Waals surface area contributed by atoms with Gasteiger partial charge in [-0.25, -0.2) is 0 Å². The highest BCUT2D eigenvalue weighted by molar-refractivity contribution is 9.10. The van der Waals surface area contributed by atoms with Gasteiger partial charge in [0.2, 0.25) is 0 Å². The summed E-state index contributed by atoms with van der Waals surface area (Å²) >= 11 is 9.14. The molecule has 2 nitrogen and oxygen atoms in total. The molecule has 0 saturated carbocycles. The Morgan fingerprint density at radius 2 is 2.23 bits per heavy atom. The fourth-order valence-electron chi connectivity index (χ4n) is 1.01. The zero-order valence-corrected chi connectivity index (χ0v) is 9.14. The third kappa shape index (κ3) is 3.00. The van der Waals surface area contributed by atoms with Crippen molar-refractivity contribution in [3.63, 3.8) is 0 Å². The third-order valence-electron chi connectivity index (χ3n) is 1.62. The van der Waals surface area contributed by atoms with Crippen molar-refractivity contribution in [1.82, 2.24) is 0 Å². The Bertz CT molecular complexity index is 326. The summed E-state index contributed by atoms with van der Waals surface area (Å²) in [7, 11) is 0. The first kappa shape index (κ1) is 10.5. The molecule has 0 amide bonds. The second-order valence-electron chi connectivity index (χ2n) is 2.67. The Hall–Kier alpha value is -0.560. The van der Waals surface area contributed by atoms with Crippen molar-refractivity contribution in [2.24, 2.45) is 5.73 Å². The maximum absolute atomic E-state index is 8.46. The van der Waals surface area contributed by atoms with E-state index in [-0.39, 0.29) is 6.04 Å². The van der Waals surface area contributed by atoms with Crippen molar-refractivity contribution in [3.05, 3.63) is 33.3 Å². The van der Waals surface area contributed by atoms with E-state index in [0.717, 1.165) is 10.0 Å². The minimum Gasteiger partial charge on any atom is -0.323 e. The fourth-order valence-corrected chi connectivity index (χ4v) is 1.89. The van der Waals surface area contributed by atoms with Gasteiger partial charge in [0.25, 0.3) is 0 Å². The molecule has 0 spiro atoms. The van der Waals surface area contributed by atoms with E-state index >= 15 is 0 Å². The summed E-state index contributed by atoms with van der Waals surface area (Å²) in [6, 6.07) is 7.18. The van der Waals surface area contributed by atoms with E-state index in [0.29, 0.717) is 11.4 Å². The van der Waals surface area contributed by atoms with Crippen molar-refractivity contribution in [2.75, 3.05) is 0 Å². The van der Waals surface area contributed by atoms with Crippen LogP contribution in [0.5, 0.6) is 0 Å². The highest BCUT2D eigenvalue weighted by atomic mass is 79.9. The van der Waals surface area contributed by atoms with E-state index < -0.39 is 0 Å². The summed E-state index contributed by atoms with van der Waals surface area (Å²) < 4.78 is 0.878. The topological polar surface area (TPSA) is 49.8 Å². The molecule has 68 valence electrons. The molecule has 1 aromatic rings. The molecule has 0 saturated heterocycles. The molecule has 1 atom stereocenters. The molecule has 0 aliphatic carbocycles. The van der Waals surface area contributed by atoms with Crippen LogP contribution in [0.25, 0.3) is 0 Å². The average Bonchev–Trinajstić information content (AvgIpc) is 2.03. The Morgan fingerprint density at radius 1 is 1.54 bits per heavy atom. The van der Waals surface area contributed by atoms with Gasteiger partial charge in [-0.05, 0) is 23.8 Å². The molecule has 0 aliphatic heterocycles. The van der Waals surface area contributed by atoms with Crippen LogP contribution in [0.4, 0.5) is 0 Å². The monoisotopic (exact) mass is 258 g/mol. The zero-order chi connectivity index (χ0) is 9.84. The lowest BCUT2D eigenvalue weighted by Crippen LogP contribution is -2.08. The fraction of sp³-hybridized carbons (Fsp3) is 0.222. The Labute approximate surface area is 90.4 Å². The van der Waals surface area contributed by atoms with Gasteiger partial charge in [-0.2, -0.15) is 5.26 Å². The van der Waals surface area contributed by atoms with Crippen LogP contribution >= 0.6 is 27.5 Å². The van der Waals surface area contributed by atoms with Crippen molar-refractivity contribution in [1.29, 1.82) is 5.26 Å². The molecule has 0 bridgehead atoms. The standard InChI is InChI=1S/C9H8BrClN2/c10-7-3-6(4-8(11)5-7)9(13)1-2-12/h3-5,9H,1,13H2/t9-/m0/s1. The summed E-state index contributed by atoms with van der Waals surface area (Å²) in [5.74, 6) is 0. The first-order valence-electron chi connectivity index (χ1n) is 3.72. The molecule has 0 radical (unpaired) electrons. The first-order valence-corrected chi connectivity index (χ1v) is 4.89. The van der Waals surface area contributed by atoms with Gasteiger partial charge < -0.3 is 5.73 Å². The normalized spacial score (nSPS) is 12.2. The lowest BCUT2D eigenvalue weighted by atomic mass is 10.1. The van der Waals surface area contributed by atoms with Gasteiger partial charge in [0, 0.05) is 15.5 Å². The number of halogens is 2. The molecule has 0 unspecified atom stereocenters. The van der Waals surface area contributed by atoms with Crippen LogP contribution in [0.2, 0.25) is 5.02 Å². The minimum absolute atomic E-state index is 0.264. The van der Waals surface area contributed by atoms with Crippen LogP contribution in [0, 0.1) is 11.3 Å². The van der Waals surface area contributed by atoms with E-state index in [2.05, 4.69) is 15.9 Å². The van der Waals surface area contributed by atoms with Gasteiger partial charge in [-0.15, -0.1) is 0 Å². The number of rotatable bonds is 2. The van der Waals surface area contributed by atoms with Gasteiger partial charge in [0.05, 0.1) is 12.5 Å². The maximum atomic E-state index is 8.46. The largest absolute Gasteiger partial charge is 0.323 e. The third-order valence-corrected chi connectivity index (χ3v) is 2.30. The predicted molar refractivity (Wildman–Crippen MR) is 56.3 cm³/mol.